The van der Waals surface area contributed by atoms with Gasteiger partial charge < -0.3 is 25.4 Å². The zero-order valence-electron chi connectivity index (χ0n) is 23.2. The standard InChI is InChI=1S/C31H32N4O6/c1-4-21(14-26(36)37)31(5-2,30(40)41)35-16-20-13-22(9-10-23(20)29(35)39)32-15-18-6-7-19-8-11-25-27(24(19)12-18)28(38)34-17(3)33-25/h6-13,21,32H,4-5,14-16H2,1-3H3,(H,36,37)(H,40,41)(H,33,34,38)/t21?,31-/m1/s1. The highest BCUT2D eigenvalue weighted by atomic mass is 16.4. The van der Waals surface area contributed by atoms with Gasteiger partial charge in [0.05, 0.1) is 17.3 Å². The van der Waals surface area contributed by atoms with E-state index in [9.17, 15) is 29.4 Å². The van der Waals surface area contributed by atoms with Crippen LogP contribution in [-0.4, -0.2) is 48.5 Å². The van der Waals surface area contributed by atoms with Crippen LogP contribution in [0, 0.1) is 12.8 Å². The fourth-order valence-corrected chi connectivity index (χ4v) is 6.19. The molecule has 1 unspecified atom stereocenters. The molecular formula is C31H32N4O6. The summed E-state index contributed by atoms with van der Waals surface area (Å²) in [5, 5.41) is 25.4. The number of nitrogens with zero attached hydrogens (tertiary/aromatic N) is 2. The van der Waals surface area contributed by atoms with Crippen LogP contribution in [0.4, 0.5) is 5.69 Å². The average Bonchev–Trinajstić information content (AvgIpc) is 3.26. The minimum atomic E-state index is -1.63. The number of rotatable bonds is 10. The maximum absolute atomic E-state index is 13.4. The van der Waals surface area contributed by atoms with E-state index in [0.717, 1.165) is 22.0 Å². The fraction of sp³-hybridized carbons (Fsp3) is 0.323. The van der Waals surface area contributed by atoms with Gasteiger partial charge in [-0.15, -0.1) is 0 Å². The van der Waals surface area contributed by atoms with Crippen molar-refractivity contribution >= 4 is 45.2 Å². The third-order valence-electron chi connectivity index (χ3n) is 8.26. The predicted molar refractivity (Wildman–Crippen MR) is 155 cm³/mol. The minimum Gasteiger partial charge on any atom is -0.481 e. The number of carbonyl (C=O) groups is 3. The van der Waals surface area contributed by atoms with Crippen molar-refractivity contribution in [2.24, 2.45) is 5.92 Å². The van der Waals surface area contributed by atoms with Gasteiger partial charge in [-0.05, 0) is 72.0 Å². The second kappa shape index (κ2) is 10.7. The van der Waals surface area contributed by atoms with Crippen LogP contribution in [0.2, 0.25) is 0 Å². The molecule has 10 nitrogen and oxygen atoms in total. The Bertz CT molecular complexity index is 1760. The topological polar surface area (TPSA) is 153 Å². The van der Waals surface area contributed by atoms with Crippen LogP contribution in [0.3, 0.4) is 0 Å². The summed E-state index contributed by atoms with van der Waals surface area (Å²) < 4.78 is 0. The molecule has 10 heteroatoms. The molecule has 4 aromatic rings. The van der Waals surface area contributed by atoms with Gasteiger partial charge in [0.1, 0.15) is 11.4 Å². The van der Waals surface area contributed by atoms with E-state index < -0.39 is 29.3 Å². The number of amides is 1. The van der Waals surface area contributed by atoms with E-state index in [4.69, 9.17) is 0 Å². The molecule has 5 rings (SSSR count). The third-order valence-corrected chi connectivity index (χ3v) is 8.26. The van der Waals surface area contributed by atoms with E-state index in [-0.39, 0.29) is 24.9 Å². The van der Waals surface area contributed by atoms with E-state index in [1.54, 1.807) is 32.9 Å². The molecule has 41 heavy (non-hydrogen) atoms. The lowest BCUT2D eigenvalue weighted by molar-refractivity contribution is -0.156. The van der Waals surface area contributed by atoms with Gasteiger partial charge in [-0.3, -0.25) is 14.4 Å². The van der Waals surface area contributed by atoms with Crippen LogP contribution in [0.5, 0.6) is 0 Å². The molecule has 4 N–H and O–H groups in total. The Morgan fingerprint density at radius 3 is 2.54 bits per heavy atom. The predicted octanol–water partition coefficient (Wildman–Crippen LogP) is 4.69. The van der Waals surface area contributed by atoms with Crippen molar-refractivity contribution in [3.05, 3.63) is 81.4 Å². The lowest BCUT2D eigenvalue weighted by Gasteiger charge is -2.42. The molecule has 212 valence electrons. The molecular weight excluding hydrogens is 524 g/mol. The van der Waals surface area contributed by atoms with Crippen LogP contribution in [0.25, 0.3) is 21.7 Å². The Morgan fingerprint density at radius 2 is 1.85 bits per heavy atom. The number of hydrogen-bond donors (Lipinski definition) is 4. The van der Waals surface area contributed by atoms with Crippen LogP contribution in [0.1, 0.15) is 60.4 Å². The van der Waals surface area contributed by atoms with Gasteiger partial charge >= 0.3 is 11.9 Å². The van der Waals surface area contributed by atoms with Crippen molar-refractivity contribution in [3.8, 4) is 0 Å². The Kier molecular flexibility index (Phi) is 7.25. The van der Waals surface area contributed by atoms with Crippen molar-refractivity contribution in [1.29, 1.82) is 0 Å². The Labute approximate surface area is 236 Å². The minimum absolute atomic E-state index is 0.0805. The molecule has 1 aliphatic rings. The highest BCUT2D eigenvalue weighted by Crippen LogP contribution is 2.40. The molecule has 0 radical (unpaired) electrons. The quantitative estimate of drug-likeness (QED) is 0.205. The smallest absolute Gasteiger partial charge is 0.329 e. The molecule has 3 aromatic carbocycles. The van der Waals surface area contributed by atoms with E-state index in [1.165, 1.54) is 4.90 Å². The number of anilines is 1. The lowest BCUT2D eigenvalue weighted by Crippen LogP contribution is -2.59. The normalized spacial score (nSPS) is 15.1. The van der Waals surface area contributed by atoms with Crippen molar-refractivity contribution < 1.29 is 24.6 Å². The van der Waals surface area contributed by atoms with Crippen LogP contribution >= 0.6 is 0 Å². The lowest BCUT2D eigenvalue weighted by atomic mass is 9.76. The van der Waals surface area contributed by atoms with E-state index in [2.05, 4.69) is 15.3 Å². The number of fused-ring (bicyclic) bond motifs is 4. The summed E-state index contributed by atoms with van der Waals surface area (Å²) in [5.74, 6) is -2.88. The second-order valence-corrected chi connectivity index (χ2v) is 10.6. The van der Waals surface area contributed by atoms with Crippen molar-refractivity contribution in [2.45, 2.75) is 58.7 Å². The monoisotopic (exact) mass is 556 g/mol. The number of aliphatic carboxylic acids is 2. The van der Waals surface area contributed by atoms with E-state index in [1.807, 2.05) is 36.4 Å². The van der Waals surface area contributed by atoms with Gasteiger partial charge in [0, 0.05) is 30.3 Å². The highest BCUT2D eigenvalue weighted by molar-refractivity contribution is 6.06. The number of aromatic amines is 1. The number of hydrogen-bond acceptors (Lipinski definition) is 6. The van der Waals surface area contributed by atoms with Gasteiger partial charge in [0.2, 0.25) is 0 Å². The summed E-state index contributed by atoms with van der Waals surface area (Å²) in [6.07, 6.45) is 0.0572. The summed E-state index contributed by atoms with van der Waals surface area (Å²) in [4.78, 5) is 58.9. The molecule has 0 bridgehead atoms. The fourth-order valence-electron chi connectivity index (χ4n) is 6.19. The molecule has 1 aliphatic heterocycles. The number of carbonyl (C=O) groups excluding carboxylic acids is 1. The third kappa shape index (κ3) is 4.79. The van der Waals surface area contributed by atoms with Crippen LogP contribution in [0.15, 0.2) is 53.3 Å². The largest absolute Gasteiger partial charge is 0.481 e. The maximum atomic E-state index is 13.4. The van der Waals surface area contributed by atoms with Crippen molar-refractivity contribution in [1.82, 2.24) is 14.9 Å². The molecule has 1 aromatic heterocycles. The van der Waals surface area contributed by atoms with Gasteiger partial charge in [-0.2, -0.15) is 0 Å². The molecule has 1 amide bonds. The van der Waals surface area contributed by atoms with E-state index >= 15 is 0 Å². The zero-order valence-corrected chi connectivity index (χ0v) is 23.2. The average molecular weight is 557 g/mol. The van der Waals surface area contributed by atoms with Gasteiger partial charge in [0.25, 0.3) is 11.5 Å². The zero-order chi connectivity index (χ0) is 29.5. The van der Waals surface area contributed by atoms with Crippen LogP contribution in [-0.2, 0) is 22.7 Å². The maximum Gasteiger partial charge on any atom is 0.329 e. The Hall–Kier alpha value is -4.73. The van der Waals surface area contributed by atoms with Gasteiger partial charge in [-0.25, -0.2) is 9.78 Å². The van der Waals surface area contributed by atoms with Crippen molar-refractivity contribution in [3.63, 3.8) is 0 Å². The Balaban J connectivity index is 1.41. The number of carboxylic acids is 2. The number of nitrogens with one attached hydrogen (secondary N) is 2. The Morgan fingerprint density at radius 1 is 1.10 bits per heavy atom. The first-order valence-corrected chi connectivity index (χ1v) is 13.6. The molecule has 2 atom stereocenters. The molecule has 0 saturated heterocycles. The summed E-state index contributed by atoms with van der Waals surface area (Å²) in [7, 11) is 0. The first-order valence-electron chi connectivity index (χ1n) is 13.6. The first kappa shape index (κ1) is 27.8. The van der Waals surface area contributed by atoms with E-state index in [0.29, 0.717) is 40.8 Å². The molecule has 0 spiro atoms. The molecule has 2 heterocycles. The van der Waals surface area contributed by atoms with Crippen LogP contribution < -0.4 is 10.9 Å². The molecule has 0 fully saturated rings. The second-order valence-electron chi connectivity index (χ2n) is 10.6. The first-order chi connectivity index (χ1) is 19.6. The SMILES string of the molecule is CCC(CC(=O)O)[C@](CC)(C(=O)O)N1Cc2cc(NCc3ccc4ccc5nc(C)[nH]c(=O)c5c4c3)ccc2C1=O. The number of benzene rings is 3. The summed E-state index contributed by atoms with van der Waals surface area (Å²) in [6, 6.07) is 15.0. The summed E-state index contributed by atoms with van der Waals surface area (Å²) >= 11 is 0. The van der Waals surface area contributed by atoms with Gasteiger partial charge in [-0.1, -0.05) is 32.0 Å². The molecule has 0 saturated carbocycles. The highest BCUT2D eigenvalue weighted by Gasteiger charge is 2.53. The summed E-state index contributed by atoms with van der Waals surface area (Å²) in [5.41, 5.74) is 1.61. The van der Waals surface area contributed by atoms with Gasteiger partial charge in [0.15, 0.2) is 0 Å². The number of aromatic nitrogens is 2. The number of carboxylic acid groups (broad SMARTS) is 2. The number of H-pyrrole nitrogens is 1. The number of aryl methyl sites for hydroxylation is 1. The molecule has 0 aliphatic carbocycles. The summed E-state index contributed by atoms with van der Waals surface area (Å²) in [6.45, 7) is 5.71. The van der Waals surface area contributed by atoms with Crippen molar-refractivity contribution in [2.75, 3.05) is 5.32 Å².